The lowest BCUT2D eigenvalue weighted by atomic mass is 10.1. The van der Waals surface area contributed by atoms with Gasteiger partial charge < -0.3 is 24.3 Å². The van der Waals surface area contributed by atoms with Gasteiger partial charge in [-0.15, -0.1) is 11.8 Å². The maximum Gasteiger partial charge on any atom is 0.233 e. The zero-order valence-electron chi connectivity index (χ0n) is 17.1. The molecule has 0 saturated heterocycles. The van der Waals surface area contributed by atoms with Crippen molar-refractivity contribution in [2.75, 3.05) is 28.4 Å². The highest BCUT2D eigenvalue weighted by Crippen LogP contribution is 2.34. The van der Waals surface area contributed by atoms with Crippen molar-refractivity contribution in [2.24, 2.45) is 0 Å². The largest absolute Gasteiger partial charge is 0.493 e. The monoisotopic (exact) mass is 405 g/mol. The molecule has 0 radical (unpaired) electrons. The first kappa shape index (κ1) is 21.8. The van der Waals surface area contributed by atoms with Crippen LogP contribution in [0.4, 0.5) is 0 Å². The Hall–Kier alpha value is -2.54. The average Bonchev–Trinajstić information content (AvgIpc) is 2.72. The minimum atomic E-state index is -0.277. The Labute approximate surface area is 170 Å². The quantitative estimate of drug-likeness (QED) is 0.634. The van der Waals surface area contributed by atoms with Crippen molar-refractivity contribution in [3.8, 4) is 23.0 Å². The number of amides is 1. The van der Waals surface area contributed by atoms with Crippen LogP contribution in [0.25, 0.3) is 0 Å². The molecule has 0 aliphatic rings. The molecular weight excluding hydrogens is 378 g/mol. The van der Waals surface area contributed by atoms with Gasteiger partial charge in [0.1, 0.15) is 0 Å². The number of methoxy groups -OCH3 is 4. The summed E-state index contributed by atoms with van der Waals surface area (Å²) in [6.45, 7) is 3.81. The predicted molar refractivity (Wildman–Crippen MR) is 111 cm³/mol. The van der Waals surface area contributed by atoms with Gasteiger partial charge in [0.05, 0.1) is 39.7 Å². The van der Waals surface area contributed by atoms with Gasteiger partial charge in [0.15, 0.2) is 23.0 Å². The molecule has 0 heterocycles. The van der Waals surface area contributed by atoms with Crippen LogP contribution in [0.15, 0.2) is 41.3 Å². The van der Waals surface area contributed by atoms with Crippen molar-refractivity contribution in [1.82, 2.24) is 5.32 Å². The molecule has 1 N–H and O–H groups in total. The SMILES string of the molecule is COc1ccc(S[C@@H](C)C(=O)N[C@H](C)c2ccc(OC)c(OC)c2)cc1OC. The van der Waals surface area contributed by atoms with Gasteiger partial charge >= 0.3 is 0 Å². The number of thioether (sulfide) groups is 1. The molecule has 152 valence electrons. The second kappa shape index (κ2) is 10.1. The maximum absolute atomic E-state index is 12.6. The van der Waals surface area contributed by atoms with Gasteiger partial charge in [-0.2, -0.15) is 0 Å². The molecule has 0 saturated carbocycles. The lowest BCUT2D eigenvalue weighted by Gasteiger charge is -2.19. The smallest absolute Gasteiger partial charge is 0.233 e. The summed E-state index contributed by atoms with van der Waals surface area (Å²) in [6, 6.07) is 11.1. The van der Waals surface area contributed by atoms with Crippen LogP contribution in [0.1, 0.15) is 25.5 Å². The summed E-state index contributed by atoms with van der Waals surface area (Å²) in [7, 11) is 6.37. The Balaban J connectivity index is 2.03. The normalized spacial score (nSPS) is 12.6. The van der Waals surface area contributed by atoms with E-state index in [0.717, 1.165) is 10.5 Å². The van der Waals surface area contributed by atoms with Gasteiger partial charge in [-0.05, 0) is 49.7 Å². The van der Waals surface area contributed by atoms with E-state index in [0.29, 0.717) is 23.0 Å². The van der Waals surface area contributed by atoms with Crippen molar-refractivity contribution in [3.05, 3.63) is 42.0 Å². The average molecular weight is 406 g/mol. The van der Waals surface area contributed by atoms with Gasteiger partial charge in [0.2, 0.25) is 5.91 Å². The molecule has 0 fully saturated rings. The predicted octanol–water partition coefficient (Wildman–Crippen LogP) is 4.08. The Morgan fingerprint density at radius 3 is 1.93 bits per heavy atom. The van der Waals surface area contributed by atoms with Crippen LogP contribution in [-0.2, 0) is 4.79 Å². The van der Waals surface area contributed by atoms with E-state index in [1.807, 2.05) is 50.2 Å². The Morgan fingerprint density at radius 1 is 0.821 bits per heavy atom. The standard InChI is InChI=1S/C21H27NO5S/c1-13(15-7-9-17(24-3)19(11-15)26-5)22-21(23)14(2)28-16-8-10-18(25-4)20(12-16)27-6/h7-14H,1-6H3,(H,22,23)/t13-,14+/m1/s1. The molecular formula is C21H27NO5S. The van der Waals surface area contributed by atoms with Crippen molar-refractivity contribution >= 4 is 17.7 Å². The zero-order valence-corrected chi connectivity index (χ0v) is 17.9. The fourth-order valence-corrected chi connectivity index (χ4v) is 3.59. The third-order valence-corrected chi connectivity index (χ3v) is 5.40. The Bertz CT molecular complexity index is 811. The maximum atomic E-state index is 12.6. The van der Waals surface area contributed by atoms with Crippen molar-refractivity contribution in [2.45, 2.75) is 30.0 Å². The summed E-state index contributed by atoms with van der Waals surface area (Å²) in [5.74, 6) is 2.53. The molecule has 6 nitrogen and oxygen atoms in total. The molecule has 2 aromatic rings. The van der Waals surface area contributed by atoms with Crippen molar-refractivity contribution < 1.29 is 23.7 Å². The van der Waals surface area contributed by atoms with Gasteiger partial charge in [-0.25, -0.2) is 0 Å². The summed E-state index contributed by atoms with van der Waals surface area (Å²) in [5.41, 5.74) is 0.939. The minimum absolute atomic E-state index is 0.0536. The first-order chi connectivity index (χ1) is 13.4. The number of carbonyl (C=O) groups excluding carboxylic acids is 1. The summed E-state index contributed by atoms with van der Waals surface area (Å²) in [4.78, 5) is 13.6. The van der Waals surface area contributed by atoms with Crippen LogP contribution >= 0.6 is 11.8 Å². The number of hydrogen-bond donors (Lipinski definition) is 1. The highest BCUT2D eigenvalue weighted by Gasteiger charge is 2.19. The highest BCUT2D eigenvalue weighted by molar-refractivity contribution is 8.00. The van der Waals surface area contributed by atoms with Crippen LogP contribution in [0.3, 0.4) is 0 Å². The Kier molecular flexibility index (Phi) is 7.87. The molecule has 0 aliphatic carbocycles. The van der Waals surface area contributed by atoms with Gasteiger partial charge in [-0.3, -0.25) is 4.79 Å². The van der Waals surface area contributed by atoms with E-state index in [-0.39, 0.29) is 17.2 Å². The molecule has 7 heteroatoms. The summed E-state index contributed by atoms with van der Waals surface area (Å²) >= 11 is 1.46. The molecule has 0 aromatic heterocycles. The van der Waals surface area contributed by atoms with Gasteiger partial charge in [0, 0.05) is 4.90 Å². The first-order valence-electron chi connectivity index (χ1n) is 8.84. The number of nitrogens with one attached hydrogen (secondary N) is 1. The molecule has 28 heavy (non-hydrogen) atoms. The molecule has 2 atom stereocenters. The van der Waals surface area contributed by atoms with Crippen molar-refractivity contribution in [3.63, 3.8) is 0 Å². The lowest BCUT2D eigenvalue weighted by Crippen LogP contribution is -2.33. The van der Waals surface area contributed by atoms with Gasteiger partial charge in [0.25, 0.3) is 0 Å². The summed E-state index contributed by atoms with van der Waals surface area (Å²) in [5, 5.41) is 2.77. The van der Waals surface area contributed by atoms with E-state index in [2.05, 4.69) is 5.32 Å². The molecule has 0 unspecified atom stereocenters. The lowest BCUT2D eigenvalue weighted by molar-refractivity contribution is -0.120. The second-order valence-electron chi connectivity index (χ2n) is 6.12. The molecule has 0 bridgehead atoms. The number of benzene rings is 2. The van der Waals surface area contributed by atoms with E-state index in [1.165, 1.54) is 11.8 Å². The van der Waals surface area contributed by atoms with E-state index in [1.54, 1.807) is 28.4 Å². The Morgan fingerprint density at radius 2 is 1.36 bits per heavy atom. The van der Waals surface area contributed by atoms with E-state index < -0.39 is 0 Å². The molecule has 1 amide bonds. The zero-order chi connectivity index (χ0) is 20.7. The van der Waals surface area contributed by atoms with E-state index in [4.69, 9.17) is 18.9 Å². The van der Waals surface area contributed by atoms with Gasteiger partial charge in [-0.1, -0.05) is 6.07 Å². The van der Waals surface area contributed by atoms with Crippen LogP contribution in [0.5, 0.6) is 23.0 Å². The topological polar surface area (TPSA) is 66.0 Å². The fraction of sp³-hybridized carbons (Fsp3) is 0.381. The second-order valence-corrected chi connectivity index (χ2v) is 7.54. The highest BCUT2D eigenvalue weighted by atomic mass is 32.2. The molecule has 2 rings (SSSR count). The van der Waals surface area contributed by atoms with Crippen LogP contribution in [-0.4, -0.2) is 39.6 Å². The molecule has 2 aromatic carbocycles. The number of hydrogen-bond acceptors (Lipinski definition) is 6. The van der Waals surface area contributed by atoms with E-state index >= 15 is 0 Å². The minimum Gasteiger partial charge on any atom is -0.493 e. The first-order valence-corrected chi connectivity index (χ1v) is 9.72. The third-order valence-electron chi connectivity index (χ3n) is 4.30. The molecule has 0 aliphatic heterocycles. The van der Waals surface area contributed by atoms with Crippen LogP contribution in [0.2, 0.25) is 0 Å². The number of rotatable bonds is 9. The van der Waals surface area contributed by atoms with E-state index in [9.17, 15) is 4.79 Å². The van der Waals surface area contributed by atoms with Crippen LogP contribution < -0.4 is 24.3 Å². The summed E-state index contributed by atoms with van der Waals surface area (Å²) in [6.07, 6.45) is 0. The molecule has 0 spiro atoms. The number of ether oxygens (including phenoxy) is 4. The number of carbonyl (C=O) groups is 1. The fourth-order valence-electron chi connectivity index (χ4n) is 2.68. The van der Waals surface area contributed by atoms with Crippen LogP contribution in [0, 0.1) is 0 Å². The summed E-state index contributed by atoms with van der Waals surface area (Å²) < 4.78 is 21.2. The van der Waals surface area contributed by atoms with Crippen molar-refractivity contribution in [1.29, 1.82) is 0 Å². The third kappa shape index (κ3) is 5.25.